The minimum Gasteiger partial charge on any atom is -0.404 e. The fraction of sp³-hybridized carbons (Fsp3) is 0.667. The summed E-state index contributed by atoms with van der Waals surface area (Å²) in [5.41, 5.74) is 14.2. The van der Waals surface area contributed by atoms with Crippen molar-refractivity contribution in [2.75, 3.05) is 0 Å². The molecule has 2 unspecified atom stereocenters. The lowest BCUT2D eigenvalue weighted by Gasteiger charge is -2.32. The normalized spacial score (nSPS) is 32.9. The molecule has 0 aliphatic carbocycles. The van der Waals surface area contributed by atoms with Gasteiger partial charge in [-0.1, -0.05) is 13.8 Å². The molecule has 0 saturated carbocycles. The van der Waals surface area contributed by atoms with Gasteiger partial charge in [0.2, 0.25) is 0 Å². The van der Waals surface area contributed by atoms with Crippen LogP contribution in [0.4, 0.5) is 0 Å². The van der Waals surface area contributed by atoms with E-state index in [9.17, 15) is 0 Å². The van der Waals surface area contributed by atoms with Crippen LogP contribution in [0.3, 0.4) is 0 Å². The minimum absolute atomic E-state index is 0.0256. The topological polar surface area (TPSA) is 61.3 Å². The van der Waals surface area contributed by atoms with Gasteiger partial charge in [0, 0.05) is 11.3 Å². The Bertz CT molecular complexity index is 318. The van der Waals surface area contributed by atoms with E-state index in [0.717, 1.165) is 16.8 Å². The summed E-state index contributed by atoms with van der Waals surface area (Å²) in [6, 6.07) is 0. The van der Waals surface area contributed by atoms with Crippen molar-refractivity contribution in [1.29, 1.82) is 0 Å². The fourth-order valence-corrected chi connectivity index (χ4v) is 2.11. The molecule has 3 nitrogen and oxygen atoms in total. The molecule has 0 radical (unpaired) electrons. The first-order valence-corrected chi connectivity index (χ1v) is 5.41. The average molecular weight is 210 g/mol. The number of rotatable bonds is 2. The first-order chi connectivity index (χ1) is 6.84. The maximum absolute atomic E-state index is 6.07. The van der Waals surface area contributed by atoms with Crippen molar-refractivity contribution in [2.45, 2.75) is 46.3 Å². The zero-order chi connectivity index (χ0) is 11.8. The minimum atomic E-state index is -0.316. The van der Waals surface area contributed by atoms with E-state index < -0.39 is 0 Å². The van der Waals surface area contributed by atoms with Gasteiger partial charge in [-0.15, -0.1) is 0 Å². The Hall–Kier alpha value is -0.960. The molecule has 3 heteroatoms. The van der Waals surface area contributed by atoms with Crippen LogP contribution in [0.5, 0.6) is 0 Å². The van der Waals surface area contributed by atoms with Crippen LogP contribution in [-0.2, 0) is 4.74 Å². The van der Waals surface area contributed by atoms with Gasteiger partial charge in [-0.05, 0) is 38.5 Å². The van der Waals surface area contributed by atoms with E-state index in [-0.39, 0.29) is 11.7 Å². The van der Waals surface area contributed by atoms with Crippen molar-refractivity contribution in [3.05, 3.63) is 23.0 Å². The summed E-state index contributed by atoms with van der Waals surface area (Å²) in [5.74, 6) is 0.367. The van der Waals surface area contributed by atoms with Gasteiger partial charge in [0.1, 0.15) is 0 Å². The van der Waals surface area contributed by atoms with E-state index in [4.69, 9.17) is 16.2 Å². The van der Waals surface area contributed by atoms with E-state index >= 15 is 0 Å². The quantitative estimate of drug-likeness (QED) is 0.731. The smallest absolute Gasteiger partial charge is 0.0955 e. The predicted octanol–water partition coefficient (Wildman–Crippen LogP) is 1.90. The molecule has 0 bridgehead atoms. The second kappa shape index (κ2) is 3.89. The predicted molar refractivity (Wildman–Crippen MR) is 62.9 cm³/mol. The lowest BCUT2D eigenvalue weighted by Crippen LogP contribution is -2.35. The average Bonchev–Trinajstić information content (AvgIpc) is 2.38. The Balaban J connectivity index is 3.26. The molecule has 4 N–H and O–H groups in total. The van der Waals surface area contributed by atoms with E-state index in [1.54, 1.807) is 6.20 Å². The number of nitrogens with two attached hydrogens (primary N) is 2. The largest absolute Gasteiger partial charge is 0.404 e. The van der Waals surface area contributed by atoms with Gasteiger partial charge in [0.25, 0.3) is 0 Å². The van der Waals surface area contributed by atoms with Crippen LogP contribution in [0.25, 0.3) is 0 Å². The van der Waals surface area contributed by atoms with Gasteiger partial charge in [-0.25, -0.2) is 0 Å². The lowest BCUT2D eigenvalue weighted by molar-refractivity contribution is -0.0405. The first-order valence-electron chi connectivity index (χ1n) is 5.41. The fourth-order valence-electron chi connectivity index (χ4n) is 2.11. The van der Waals surface area contributed by atoms with Gasteiger partial charge in [0.15, 0.2) is 0 Å². The van der Waals surface area contributed by atoms with E-state index in [0.29, 0.717) is 5.92 Å². The molecule has 0 aromatic rings. The third-order valence-electron chi connectivity index (χ3n) is 3.39. The summed E-state index contributed by atoms with van der Waals surface area (Å²) in [4.78, 5) is 0. The maximum Gasteiger partial charge on any atom is 0.0955 e. The van der Waals surface area contributed by atoms with Crippen molar-refractivity contribution < 1.29 is 4.74 Å². The molecule has 1 rings (SSSR count). The molecule has 15 heavy (non-hydrogen) atoms. The van der Waals surface area contributed by atoms with Crippen LogP contribution < -0.4 is 11.5 Å². The zero-order valence-electron chi connectivity index (χ0n) is 10.3. The molecule has 86 valence electrons. The van der Waals surface area contributed by atoms with Gasteiger partial charge in [-0.2, -0.15) is 0 Å². The third kappa shape index (κ3) is 1.76. The van der Waals surface area contributed by atoms with E-state index in [2.05, 4.69) is 20.8 Å². The third-order valence-corrected chi connectivity index (χ3v) is 3.39. The van der Waals surface area contributed by atoms with Crippen molar-refractivity contribution in [3.63, 3.8) is 0 Å². The molecule has 0 saturated heterocycles. The monoisotopic (exact) mass is 210 g/mol. The SMILES string of the molecule is C/C(=C/N)C1=C(N)C(C)OC1(C)C(C)C. The summed E-state index contributed by atoms with van der Waals surface area (Å²) in [6.07, 6.45) is 1.58. The highest BCUT2D eigenvalue weighted by atomic mass is 16.5. The van der Waals surface area contributed by atoms with Gasteiger partial charge < -0.3 is 16.2 Å². The highest BCUT2D eigenvalue weighted by Gasteiger charge is 2.43. The molecule has 0 aromatic heterocycles. The number of hydrogen-bond acceptors (Lipinski definition) is 3. The van der Waals surface area contributed by atoms with Crippen LogP contribution in [0.2, 0.25) is 0 Å². The van der Waals surface area contributed by atoms with Crippen LogP contribution in [0, 0.1) is 5.92 Å². The van der Waals surface area contributed by atoms with Crippen molar-refractivity contribution in [2.24, 2.45) is 17.4 Å². The zero-order valence-corrected chi connectivity index (χ0v) is 10.3. The molecule has 2 atom stereocenters. The molecule has 0 aromatic carbocycles. The standard InChI is InChI=1S/C12H22N2O/c1-7(2)12(5)10(8(3)6-13)11(14)9(4)15-12/h6-7,9H,13-14H2,1-5H3/b8-6-. The summed E-state index contributed by atoms with van der Waals surface area (Å²) in [5, 5.41) is 0. The Morgan fingerprint density at radius 3 is 2.47 bits per heavy atom. The van der Waals surface area contributed by atoms with Crippen molar-refractivity contribution >= 4 is 0 Å². The molecular formula is C12H22N2O. The summed E-state index contributed by atoms with van der Waals surface area (Å²) in [7, 11) is 0. The van der Waals surface area contributed by atoms with Crippen LogP contribution in [-0.4, -0.2) is 11.7 Å². The number of ether oxygens (including phenoxy) is 1. The highest BCUT2D eigenvalue weighted by molar-refractivity contribution is 5.44. The first kappa shape index (κ1) is 12.1. The number of hydrogen-bond donors (Lipinski definition) is 2. The van der Waals surface area contributed by atoms with Crippen LogP contribution in [0.1, 0.15) is 34.6 Å². The lowest BCUT2D eigenvalue weighted by atomic mass is 9.82. The molecule has 1 aliphatic rings. The van der Waals surface area contributed by atoms with Gasteiger partial charge in [-0.3, -0.25) is 0 Å². The molecular weight excluding hydrogens is 188 g/mol. The summed E-state index contributed by atoms with van der Waals surface area (Å²) in [6.45, 7) is 10.3. The Morgan fingerprint density at radius 2 is 2.07 bits per heavy atom. The summed E-state index contributed by atoms with van der Waals surface area (Å²) >= 11 is 0. The second-order valence-electron chi connectivity index (χ2n) is 4.70. The van der Waals surface area contributed by atoms with Crippen molar-refractivity contribution in [3.8, 4) is 0 Å². The van der Waals surface area contributed by atoms with Gasteiger partial charge in [0.05, 0.1) is 11.7 Å². The Kier molecular flexibility index (Phi) is 3.14. The Morgan fingerprint density at radius 1 is 1.53 bits per heavy atom. The van der Waals surface area contributed by atoms with E-state index in [1.807, 2.05) is 13.8 Å². The van der Waals surface area contributed by atoms with Crippen LogP contribution >= 0.6 is 0 Å². The molecule has 0 fully saturated rings. The molecule has 1 heterocycles. The Labute approximate surface area is 92.2 Å². The molecule has 0 spiro atoms. The molecule has 0 amide bonds. The maximum atomic E-state index is 6.07. The molecule has 1 aliphatic heterocycles. The van der Waals surface area contributed by atoms with Crippen molar-refractivity contribution in [1.82, 2.24) is 0 Å². The van der Waals surface area contributed by atoms with Crippen LogP contribution in [0.15, 0.2) is 23.0 Å². The summed E-state index contributed by atoms with van der Waals surface area (Å²) < 4.78 is 5.96. The van der Waals surface area contributed by atoms with Gasteiger partial charge >= 0.3 is 0 Å². The highest BCUT2D eigenvalue weighted by Crippen LogP contribution is 2.42. The van der Waals surface area contributed by atoms with E-state index in [1.165, 1.54) is 0 Å². The second-order valence-corrected chi connectivity index (χ2v) is 4.70.